The minimum Gasteiger partial charge on any atom is -0.463 e. The molecule has 10 heteroatoms. The lowest BCUT2D eigenvalue weighted by Gasteiger charge is -2.15. The van der Waals surface area contributed by atoms with Crippen molar-refractivity contribution >= 4 is 19.7 Å². The summed E-state index contributed by atoms with van der Waals surface area (Å²) in [6, 6.07) is 0. The first-order valence-corrected chi connectivity index (χ1v) is 18.8. The van der Waals surface area contributed by atoms with Crippen molar-refractivity contribution in [3.63, 3.8) is 0 Å². The van der Waals surface area contributed by atoms with Crippen LogP contribution in [0.1, 0.15) is 149 Å². The Balaban J connectivity index is 3.67. The van der Waals surface area contributed by atoms with Crippen LogP contribution in [-0.4, -0.2) is 54.3 Å². The molecule has 0 aromatic heterocycles. The number of hydrogen-bond donors (Lipinski definition) is 3. The lowest BCUT2D eigenvalue weighted by molar-refractivity contribution is -0.147. The fourth-order valence-corrected chi connectivity index (χ4v) is 5.21. The summed E-state index contributed by atoms with van der Waals surface area (Å²) in [5.41, 5.74) is 0. The molecule has 258 valence electrons. The molecule has 0 rings (SSSR count). The molecule has 0 aromatic carbocycles. The summed E-state index contributed by atoms with van der Waals surface area (Å²) in [7, 11) is -4.40. The lowest BCUT2D eigenvalue weighted by atomic mass is 10.1. The third kappa shape index (κ3) is 31.9. The number of carbonyl (C=O) groups is 2. The number of hydrogen-bond acceptors (Lipinski definition) is 7. The summed E-state index contributed by atoms with van der Waals surface area (Å²) in [4.78, 5) is 33.6. The Morgan fingerprint density at radius 2 is 1.25 bits per heavy atom. The monoisotopic (exact) mass is 645 g/mol. The van der Waals surface area contributed by atoms with Crippen molar-refractivity contribution in [2.75, 3.05) is 26.4 Å². The summed E-state index contributed by atoms with van der Waals surface area (Å²) in [5, 5.41) is 12.6. The van der Waals surface area contributed by atoms with Crippen LogP contribution < -0.4 is 5.32 Å². The maximum atomic E-state index is 12.0. The molecule has 0 aromatic rings. The SMILES string of the molecule is CCCC/C=C\C/C=C\CCCCCCCC(=O)OCC(O)COP(=O)(O)OCCNC(=O)CCCCCCCCCCC. The summed E-state index contributed by atoms with van der Waals surface area (Å²) >= 11 is 0. The predicted octanol–water partition coefficient (Wildman–Crippen LogP) is 8.48. The highest BCUT2D eigenvalue weighted by atomic mass is 31.2. The standard InChI is InChI=1S/C34H64NO8P/c1-3-5-7-9-11-13-14-15-16-17-19-21-23-25-27-34(38)41-30-32(36)31-43-44(39,40)42-29-28-35-33(37)26-24-22-20-18-12-10-8-6-4-2/h9,11,14-15,32,36H,3-8,10,12-13,16-31H2,1-2H3,(H,35,37)(H,39,40)/b11-9-,15-14-. The summed E-state index contributed by atoms with van der Waals surface area (Å²) in [6.07, 6.45) is 29.7. The van der Waals surface area contributed by atoms with Gasteiger partial charge in [0.1, 0.15) is 12.7 Å². The highest BCUT2D eigenvalue weighted by Gasteiger charge is 2.23. The van der Waals surface area contributed by atoms with Crippen LogP contribution in [0, 0.1) is 0 Å². The molecular weight excluding hydrogens is 581 g/mol. The molecule has 0 spiro atoms. The summed E-state index contributed by atoms with van der Waals surface area (Å²) < 4.78 is 26.6. The van der Waals surface area contributed by atoms with Gasteiger partial charge in [0.2, 0.25) is 5.91 Å². The molecule has 0 aliphatic heterocycles. The van der Waals surface area contributed by atoms with Gasteiger partial charge in [-0.15, -0.1) is 0 Å². The molecule has 0 bridgehead atoms. The first kappa shape index (κ1) is 42.5. The number of carbonyl (C=O) groups excluding carboxylic acids is 2. The molecule has 0 radical (unpaired) electrons. The number of phosphoric acid groups is 1. The average Bonchev–Trinajstić information content (AvgIpc) is 3.00. The molecule has 0 aliphatic rings. The van der Waals surface area contributed by atoms with Crippen LogP contribution in [0.3, 0.4) is 0 Å². The highest BCUT2D eigenvalue weighted by Crippen LogP contribution is 2.42. The Bertz CT molecular complexity index is 789. The zero-order chi connectivity index (χ0) is 32.6. The van der Waals surface area contributed by atoms with E-state index >= 15 is 0 Å². The number of amides is 1. The molecule has 0 heterocycles. The van der Waals surface area contributed by atoms with Crippen LogP contribution in [0.5, 0.6) is 0 Å². The normalized spacial score (nSPS) is 13.8. The maximum Gasteiger partial charge on any atom is 0.472 e. The molecule has 0 saturated heterocycles. The second kappa shape index (κ2) is 31.5. The number of rotatable bonds is 32. The van der Waals surface area contributed by atoms with E-state index in [1.165, 1.54) is 57.8 Å². The number of ether oxygens (including phenoxy) is 1. The van der Waals surface area contributed by atoms with Crippen LogP contribution in [0.4, 0.5) is 0 Å². The van der Waals surface area contributed by atoms with Gasteiger partial charge in [0, 0.05) is 19.4 Å². The van der Waals surface area contributed by atoms with E-state index in [0.717, 1.165) is 64.2 Å². The molecule has 3 N–H and O–H groups in total. The third-order valence-electron chi connectivity index (χ3n) is 7.13. The molecule has 0 saturated carbocycles. The number of phosphoric ester groups is 1. The number of unbranched alkanes of at least 4 members (excludes halogenated alkanes) is 15. The van der Waals surface area contributed by atoms with Gasteiger partial charge in [-0.2, -0.15) is 0 Å². The van der Waals surface area contributed by atoms with Crippen molar-refractivity contribution < 1.29 is 37.9 Å². The van der Waals surface area contributed by atoms with Gasteiger partial charge in [0.05, 0.1) is 13.2 Å². The van der Waals surface area contributed by atoms with E-state index < -0.39 is 26.5 Å². The molecule has 0 aliphatic carbocycles. The number of allylic oxidation sites excluding steroid dienone is 4. The Labute approximate surface area is 268 Å². The van der Waals surface area contributed by atoms with Crippen LogP contribution in [-0.2, 0) is 27.9 Å². The first-order chi connectivity index (χ1) is 21.3. The van der Waals surface area contributed by atoms with Crippen molar-refractivity contribution in [3.8, 4) is 0 Å². The highest BCUT2D eigenvalue weighted by molar-refractivity contribution is 7.47. The Hall–Kier alpha value is -1.51. The van der Waals surface area contributed by atoms with Crippen LogP contribution in [0.15, 0.2) is 24.3 Å². The van der Waals surface area contributed by atoms with Crippen LogP contribution in [0.2, 0.25) is 0 Å². The van der Waals surface area contributed by atoms with E-state index in [2.05, 4.69) is 43.5 Å². The van der Waals surface area contributed by atoms with Gasteiger partial charge in [0.15, 0.2) is 0 Å². The number of esters is 1. The third-order valence-corrected chi connectivity index (χ3v) is 8.12. The fraction of sp³-hybridized carbons (Fsp3) is 0.824. The van der Waals surface area contributed by atoms with Crippen molar-refractivity contribution in [1.82, 2.24) is 5.32 Å². The predicted molar refractivity (Wildman–Crippen MR) is 178 cm³/mol. The topological polar surface area (TPSA) is 131 Å². The van der Waals surface area contributed by atoms with E-state index in [0.29, 0.717) is 6.42 Å². The second-order valence-corrected chi connectivity index (χ2v) is 12.9. The molecule has 2 atom stereocenters. The van der Waals surface area contributed by atoms with Crippen molar-refractivity contribution in [1.29, 1.82) is 0 Å². The van der Waals surface area contributed by atoms with Gasteiger partial charge in [-0.05, 0) is 38.5 Å². The molecular formula is C34H64NO8P. The Kier molecular flexibility index (Phi) is 30.4. The quantitative estimate of drug-likeness (QED) is 0.0287. The fourth-order valence-electron chi connectivity index (χ4n) is 4.45. The molecule has 44 heavy (non-hydrogen) atoms. The zero-order valence-electron chi connectivity index (χ0n) is 27.9. The first-order valence-electron chi connectivity index (χ1n) is 17.3. The van der Waals surface area contributed by atoms with Crippen molar-refractivity contribution in [3.05, 3.63) is 24.3 Å². The van der Waals surface area contributed by atoms with Gasteiger partial charge in [0.25, 0.3) is 0 Å². The zero-order valence-corrected chi connectivity index (χ0v) is 28.7. The van der Waals surface area contributed by atoms with E-state index in [4.69, 9.17) is 13.8 Å². The van der Waals surface area contributed by atoms with Gasteiger partial charge >= 0.3 is 13.8 Å². The van der Waals surface area contributed by atoms with Crippen LogP contribution in [0.25, 0.3) is 0 Å². The Morgan fingerprint density at radius 3 is 1.89 bits per heavy atom. The Morgan fingerprint density at radius 1 is 0.705 bits per heavy atom. The van der Waals surface area contributed by atoms with E-state index in [-0.39, 0.29) is 32.1 Å². The number of aliphatic hydroxyl groups excluding tert-OH is 1. The van der Waals surface area contributed by atoms with E-state index in [9.17, 15) is 24.2 Å². The summed E-state index contributed by atoms with van der Waals surface area (Å²) in [6.45, 7) is 3.45. The molecule has 2 unspecified atom stereocenters. The van der Waals surface area contributed by atoms with Gasteiger partial charge in [-0.3, -0.25) is 18.6 Å². The van der Waals surface area contributed by atoms with Gasteiger partial charge in [-0.25, -0.2) is 4.57 Å². The van der Waals surface area contributed by atoms with Crippen molar-refractivity contribution in [2.24, 2.45) is 0 Å². The van der Waals surface area contributed by atoms with Crippen LogP contribution >= 0.6 is 7.82 Å². The minimum absolute atomic E-state index is 0.0818. The molecule has 9 nitrogen and oxygen atoms in total. The largest absolute Gasteiger partial charge is 0.472 e. The van der Waals surface area contributed by atoms with E-state index in [1.54, 1.807) is 0 Å². The lowest BCUT2D eigenvalue weighted by Crippen LogP contribution is -2.27. The molecule has 1 amide bonds. The minimum atomic E-state index is -4.40. The average molecular weight is 646 g/mol. The number of nitrogens with one attached hydrogen (secondary N) is 1. The maximum absolute atomic E-state index is 12.0. The summed E-state index contributed by atoms with van der Waals surface area (Å²) in [5.74, 6) is -0.535. The number of aliphatic hydroxyl groups is 1. The van der Waals surface area contributed by atoms with Crippen molar-refractivity contribution in [2.45, 2.75) is 155 Å². The van der Waals surface area contributed by atoms with Gasteiger partial charge < -0.3 is 20.1 Å². The molecule has 0 fully saturated rings. The second-order valence-electron chi connectivity index (χ2n) is 11.5. The van der Waals surface area contributed by atoms with E-state index in [1.807, 2.05) is 0 Å². The van der Waals surface area contributed by atoms with Gasteiger partial charge in [-0.1, -0.05) is 122 Å². The smallest absolute Gasteiger partial charge is 0.463 e.